The minimum atomic E-state index is -4.06. The molecule has 140 valence electrons. The minimum Gasteiger partial charge on any atom is -0.276 e. The molecule has 0 radical (unpaired) electrons. The van der Waals surface area contributed by atoms with Gasteiger partial charge < -0.3 is 0 Å². The lowest BCUT2D eigenvalue weighted by molar-refractivity contribution is 0.371. The summed E-state index contributed by atoms with van der Waals surface area (Å²) in [5, 5.41) is 4.18. The van der Waals surface area contributed by atoms with Gasteiger partial charge in [0, 0.05) is 38.3 Å². The second-order valence-corrected chi connectivity index (χ2v) is 8.54. The van der Waals surface area contributed by atoms with Crippen LogP contribution in [0.15, 0.2) is 59.8 Å². The number of sulfonamides is 1. The first kappa shape index (κ1) is 17.8. The maximum absolute atomic E-state index is 13.6. The van der Waals surface area contributed by atoms with E-state index in [2.05, 4.69) is 5.10 Å². The molecule has 5 nitrogen and oxygen atoms in total. The van der Waals surface area contributed by atoms with Gasteiger partial charge in [0.05, 0.1) is 11.1 Å². The van der Waals surface area contributed by atoms with Crippen LogP contribution in [0.25, 0.3) is 0 Å². The highest BCUT2D eigenvalue weighted by Gasteiger charge is 2.34. The van der Waals surface area contributed by atoms with Crippen LogP contribution in [-0.2, 0) is 23.6 Å². The van der Waals surface area contributed by atoms with Gasteiger partial charge in [-0.05, 0) is 28.8 Å². The van der Waals surface area contributed by atoms with E-state index in [0.717, 1.165) is 28.8 Å². The largest absolute Gasteiger partial charge is 0.276 e. The molecule has 0 spiro atoms. The summed E-state index contributed by atoms with van der Waals surface area (Å²) in [5.41, 5.74) is 2.77. The Morgan fingerprint density at radius 2 is 1.81 bits per heavy atom. The number of rotatable bonds is 3. The van der Waals surface area contributed by atoms with Crippen molar-refractivity contribution in [2.75, 3.05) is 6.54 Å². The average molecular weight is 389 g/mol. The van der Waals surface area contributed by atoms with Crippen LogP contribution < -0.4 is 0 Å². The number of halogens is 2. The Hall–Kier alpha value is -2.58. The van der Waals surface area contributed by atoms with Crippen LogP contribution in [0.3, 0.4) is 0 Å². The van der Waals surface area contributed by atoms with Crippen LogP contribution in [-0.4, -0.2) is 29.0 Å². The summed E-state index contributed by atoms with van der Waals surface area (Å²) in [6, 6.07) is 9.94. The van der Waals surface area contributed by atoms with Gasteiger partial charge in [-0.3, -0.25) is 4.68 Å². The molecule has 1 aromatic heterocycles. The van der Waals surface area contributed by atoms with Gasteiger partial charge in [0.25, 0.3) is 0 Å². The number of hydrogen-bond donors (Lipinski definition) is 0. The average Bonchev–Trinajstić information content (AvgIpc) is 3.06. The predicted molar refractivity (Wildman–Crippen MR) is 95.4 cm³/mol. The molecule has 8 heteroatoms. The molecule has 0 bridgehead atoms. The number of hydrogen-bond acceptors (Lipinski definition) is 3. The first-order valence-corrected chi connectivity index (χ1v) is 9.81. The van der Waals surface area contributed by atoms with Gasteiger partial charge in [-0.2, -0.15) is 9.40 Å². The first-order chi connectivity index (χ1) is 12.8. The summed E-state index contributed by atoms with van der Waals surface area (Å²) in [4.78, 5) is -0.385. The van der Waals surface area contributed by atoms with Gasteiger partial charge in [-0.1, -0.05) is 24.3 Å². The van der Waals surface area contributed by atoms with Gasteiger partial charge in [-0.25, -0.2) is 17.2 Å². The van der Waals surface area contributed by atoms with Crippen LogP contribution in [0, 0.1) is 11.6 Å². The highest BCUT2D eigenvalue weighted by molar-refractivity contribution is 7.89. The van der Waals surface area contributed by atoms with E-state index in [-0.39, 0.29) is 23.9 Å². The Labute approximate surface area is 155 Å². The van der Waals surface area contributed by atoms with E-state index in [1.807, 2.05) is 30.5 Å². The maximum Gasteiger partial charge on any atom is 0.243 e. The number of benzene rings is 2. The molecule has 3 aromatic rings. The Morgan fingerprint density at radius 1 is 1.11 bits per heavy atom. The smallest absolute Gasteiger partial charge is 0.243 e. The lowest BCUT2D eigenvalue weighted by atomic mass is 9.87. The number of nitrogens with zero attached hydrogens (tertiary/aromatic N) is 3. The third-order valence-corrected chi connectivity index (χ3v) is 6.55. The van der Waals surface area contributed by atoms with Gasteiger partial charge in [0.15, 0.2) is 0 Å². The maximum atomic E-state index is 13.6. The topological polar surface area (TPSA) is 55.2 Å². The van der Waals surface area contributed by atoms with Crippen molar-refractivity contribution >= 4 is 10.0 Å². The van der Waals surface area contributed by atoms with E-state index in [4.69, 9.17) is 0 Å². The molecular formula is C19H17F2N3O2S. The summed E-state index contributed by atoms with van der Waals surface area (Å²) in [5.74, 6) is -2.05. The molecule has 1 atom stereocenters. The van der Waals surface area contributed by atoms with Crippen LogP contribution >= 0.6 is 0 Å². The monoisotopic (exact) mass is 389 g/mol. The molecule has 1 aliphatic heterocycles. The van der Waals surface area contributed by atoms with E-state index in [9.17, 15) is 17.2 Å². The summed E-state index contributed by atoms with van der Waals surface area (Å²) in [6.45, 7) is 0.316. The van der Waals surface area contributed by atoms with Crippen molar-refractivity contribution in [1.29, 1.82) is 0 Å². The molecule has 0 saturated carbocycles. The lowest BCUT2D eigenvalue weighted by Gasteiger charge is -2.33. The van der Waals surface area contributed by atoms with Crippen molar-refractivity contribution in [3.63, 3.8) is 0 Å². The highest BCUT2D eigenvalue weighted by atomic mass is 32.2. The Balaban J connectivity index is 1.78. The number of fused-ring (bicyclic) bond motifs is 1. The summed E-state index contributed by atoms with van der Waals surface area (Å²) < 4.78 is 56.2. The Morgan fingerprint density at radius 3 is 2.48 bits per heavy atom. The van der Waals surface area contributed by atoms with Crippen molar-refractivity contribution in [3.05, 3.63) is 83.2 Å². The zero-order chi connectivity index (χ0) is 19.2. The fourth-order valence-corrected chi connectivity index (χ4v) is 4.96. The molecule has 1 unspecified atom stereocenters. The fourth-order valence-electron chi connectivity index (χ4n) is 3.49. The van der Waals surface area contributed by atoms with Crippen molar-refractivity contribution in [2.24, 2.45) is 7.05 Å². The second-order valence-electron chi connectivity index (χ2n) is 6.60. The zero-order valence-electron chi connectivity index (χ0n) is 14.5. The van der Waals surface area contributed by atoms with Gasteiger partial charge in [0.2, 0.25) is 10.0 Å². The van der Waals surface area contributed by atoms with Crippen molar-refractivity contribution in [3.8, 4) is 0 Å². The fraction of sp³-hybridized carbons (Fsp3) is 0.211. The van der Waals surface area contributed by atoms with Crippen molar-refractivity contribution in [2.45, 2.75) is 17.4 Å². The minimum absolute atomic E-state index is 0.146. The summed E-state index contributed by atoms with van der Waals surface area (Å²) in [7, 11) is -2.26. The highest BCUT2D eigenvalue weighted by Crippen LogP contribution is 2.35. The molecule has 0 aliphatic carbocycles. The van der Waals surface area contributed by atoms with Crippen LogP contribution in [0.4, 0.5) is 8.78 Å². The molecule has 0 saturated heterocycles. The van der Waals surface area contributed by atoms with Crippen LogP contribution in [0.1, 0.15) is 22.6 Å². The third-order valence-electron chi connectivity index (χ3n) is 4.76. The van der Waals surface area contributed by atoms with Gasteiger partial charge >= 0.3 is 0 Å². The van der Waals surface area contributed by atoms with Crippen molar-refractivity contribution < 1.29 is 17.2 Å². The van der Waals surface area contributed by atoms with Crippen LogP contribution in [0.2, 0.25) is 0 Å². The van der Waals surface area contributed by atoms with E-state index < -0.39 is 21.7 Å². The molecule has 1 aliphatic rings. The third kappa shape index (κ3) is 3.26. The van der Waals surface area contributed by atoms with E-state index in [0.29, 0.717) is 6.07 Å². The molecule has 4 rings (SSSR count). The van der Waals surface area contributed by atoms with Crippen LogP contribution in [0.5, 0.6) is 0 Å². The lowest BCUT2D eigenvalue weighted by Crippen LogP contribution is -2.38. The molecule has 0 N–H and O–H groups in total. The standard InChI is InChI=1S/C19H17F2N3O2S/c1-23-10-14(9-22-23)19-12-24(11-13-4-2-3-5-18(13)19)27(25,26)17-7-15(20)6-16(21)8-17/h2-10,19H,11-12H2,1H3. The first-order valence-electron chi connectivity index (χ1n) is 8.37. The second kappa shape index (κ2) is 6.54. The van der Waals surface area contributed by atoms with Crippen molar-refractivity contribution in [1.82, 2.24) is 14.1 Å². The van der Waals surface area contributed by atoms with Gasteiger partial charge in [0.1, 0.15) is 11.6 Å². The van der Waals surface area contributed by atoms with E-state index >= 15 is 0 Å². The summed E-state index contributed by atoms with van der Waals surface area (Å²) >= 11 is 0. The molecular weight excluding hydrogens is 372 g/mol. The molecule has 0 amide bonds. The van der Waals surface area contributed by atoms with E-state index in [1.54, 1.807) is 17.9 Å². The summed E-state index contributed by atoms with van der Waals surface area (Å²) in [6.07, 6.45) is 3.55. The number of aromatic nitrogens is 2. The normalized spacial score (nSPS) is 17.7. The quantitative estimate of drug-likeness (QED) is 0.692. The van der Waals surface area contributed by atoms with E-state index in [1.165, 1.54) is 4.31 Å². The SMILES string of the molecule is Cn1cc(C2CN(S(=O)(=O)c3cc(F)cc(F)c3)Cc3ccccc32)cn1. The van der Waals surface area contributed by atoms with Gasteiger partial charge in [-0.15, -0.1) is 0 Å². The molecule has 2 aromatic carbocycles. The predicted octanol–water partition coefficient (Wildman–Crippen LogP) is 3.03. The Bertz CT molecular complexity index is 1090. The number of aryl methyl sites for hydroxylation is 1. The Kier molecular flexibility index (Phi) is 4.32. The molecule has 27 heavy (non-hydrogen) atoms. The molecule has 0 fully saturated rings. The molecule has 2 heterocycles. The zero-order valence-corrected chi connectivity index (χ0v) is 15.3.